The third-order valence-electron chi connectivity index (χ3n) is 4.87. The highest BCUT2D eigenvalue weighted by atomic mass is 16.5. The van der Waals surface area contributed by atoms with E-state index in [9.17, 15) is 0 Å². The van der Waals surface area contributed by atoms with E-state index in [1.165, 1.54) is 36.9 Å². The standard InChI is InChI=1S/C19H30N2O2/c1-20-15-17-18(21-11-4-2-3-5-12-21)7-6-8-19(17)23-16-9-13-22-14-10-16/h6-8,16,20H,2-5,9-15H2,1H3. The van der Waals surface area contributed by atoms with Gasteiger partial charge in [0.05, 0.1) is 13.2 Å². The topological polar surface area (TPSA) is 33.7 Å². The molecule has 23 heavy (non-hydrogen) atoms. The second kappa shape index (κ2) is 8.55. The van der Waals surface area contributed by atoms with E-state index in [1.807, 2.05) is 7.05 Å². The molecule has 4 nitrogen and oxygen atoms in total. The molecule has 0 saturated carbocycles. The van der Waals surface area contributed by atoms with Crippen molar-refractivity contribution >= 4 is 5.69 Å². The van der Waals surface area contributed by atoms with E-state index in [0.717, 1.165) is 51.4 Å². The van der Waals surface area contributed by atoms with Crippen LogP contribution in [-0.2, 0) is 11.3 Å². The van der Waals surface area contributed by atoms with Crippen molar-refractivity contribution in [2.24, 2.45) is 0 Å². The molecular formula is C19H30N2O2. The smallest absolute Gasteiger partial charge is 0.126 e. The Morgan fingerprint density at radius 2 is 1.87 bits per heavy atom. The minimum Gasteiger partial charge on any atom is -0.490 e. The Bertz CT molecular complexity index is 478. The summed E-state index contributed by atoms with van der Waals surface area (Å²) in [6.45, 7) is 4.82. The Kier molecular flexibility index (Phi) is 6.17. The predicted octanol–water partition coefficient (Wildman–Crippen LogP) is 3.34. The average molecular weight is 318 g/mol. The SMILES string of the molecule is CNCc1c(OC2CCOCC2)cccc1N1CCCCCC1. The Hall–Kier alpha value is -1.26. The second-order valence-corrected chi connectivity index (χ2v) is 6.62. The van der Waals surface area contributed by atoms with Crippen LogP contribution in [0.1, 0.15) is 44.1 Å². The van der Waals surface area contributed by atoms with Crippen LogP contribution in [0, 0.1) is 0 Å². The molecule has 2 saturated heterocycles. The van der Waals surface area contributed by atoms with Crippen molar-refractivity contribution in [2.75, 3.05) is 38.3 Å². The van der Waals surface area contributed by atoms with Crippen molar-refractivity contribution in [1.82, 2.24) is 5.32 Å². The Morgan fingerprint density at radius 1 is 1.13 bits per heavy atom. The summed E-state index contributed by atoms with van der Waals surface area (Å²) in [6.07, 6.45) is 7.58. The van der Waals surface area contributed by atoms with Gasteiger partial charge < -0.3 is 19.7 Å². The van der Waals surface area contributed by atoms with Crippen molar-refractivity contribution in [1.29, 1.82) is 0 Å². The normalized spacial score (nSPS) is 20.3. The zero-order chi connectivity index (χ0) is 15.9. The highest BCUT2D eigenvalue weighted by molar-refractivity contribution is 5.59. The molecule has 0 unspecified atom stereocenters. The van der Waals surface area contributed by atoms with E-state index in [0.29, 0.717) is 6.10 Å². The van der Waals surface area contributed by atoms with Crippen LogP contribution in [0.4, 0.5) is 5.69 Å². The lowest BCUT2D eigenvalue weighted by Gasteiger charge is -2.29. The fraction of sp³-hybridized carbons (Fsp3) is 0.684. The molecule has 0 spiro atoms. The van der Waals surface area contributed by atoms with Crippen LogP contribution < -0.4 is 15.0 Å². The second-order valence-electron chi connectivity index (χ2n) is 6.62. The fourth-order valence-corrected chi connectivity index (χ4v) is 3.60. The van der Waals surface area contributed by atoms with Crippen molar-refractivity contribution < 1.29 is 9.47 Å². The molecule has 128 valence electrons. The summed E-state index contributed by atoms with van der Waals surface area (Å²) < 4.78 is 11.8. The van der Waals surface area contributed by atoms with Crippen molar-refractivity contribution in [3.8, 4) is 5.75 Å². The van der Waals surface area contributed by atoms with E-state index in [2.05, 4.69) is 28.4 Å². The number of ether oxygens (including phenoxy) is 2. The number of benzene rings is 1. The summed E-state index contributed by atoms with van der Waals surface area (Å²) in [5.41, 5.74) is 2.66. The summed E-state index contributed by atoms with van der Waals surface area (Å²) in [7, 11) is 2.01. The maximum atomic E-state index is 6.36. The number of anilines is 1. The first-order valence-electron chi connectivity index (χ1n) is 9.14. The van der Waals surface area contributed by atoms with Gasteiger partial charge in [-0.25, -0.2) is 0 Å². The summed E-state index contributed by atoms with van der Waals surface area (Å²) in [5, 5.41) is 3.33. The zero-order valence-corrected chi connectivity index (χ0v) is 14.4. The Labute approximate surface area is 140 Å². The molecule has 2 heterocycles. The first-order valence-corrected chi connectivity index (χ1v) is 9.14. The van der Waals surface area contributed by atoms with Gasteiger partial charge in [-0.3, -0.25) is 0 Å². The maximum absolute atomic E-state index is 6.36. The van der Waals surface area contributed by atoms with Gasteiger partial charge in [0, 0.05) is 43.7 Å². The zero-order valence-electron chi connectivity index (χ0n) is 14.4. The molecule has 0 amide bonds. The number of hydrogen-bond acceptors (Lipinski definition) is 4. The molecule has 2 fully saturated rings. The minimum atomic E-state index is 0.290. The first-order chi connectivity index (χ1) is 11.4. The quantitative estimate of drug-likeness (QED) is 0.903. The van der Waals surface area contributed by atoms with Crippen LogP contribution in [0.15, 0.2) is 18.2 Å². The molecule has 1 N–H and O–H groups in total. The molecule has 0 radical (unpaired) electrons. The third kappa shape index (κ3) is 4.39. The van der Waals surface area contributed by atoms with Gasteiger partial charge >= 0.3 is 0 Å². The van der Waals surface area contributed by atoms with E-state index < -0.39 is 0 Å². The highest BCUT2D eigenvalue weighted by Crippen LogP contribution is 2.32. The molecule has 1 aromatic rings. The van der Waals surface area contributed by atoms with Crippen LogP contribution in [0.5, 0.6) is 5.75 Å². The Morgan fingerprint density at radius 3 is 2.57 bits per heavy atom. The summed E-state index contributed by atoms with van der Waals surface area (Å²) in [4.78, 5) is 2.55. The van der Waals surface area contributed by atoms with Crippen LogP contribution in [0.2, 0.25) is 0 Å². The van der Waals surface area contributed by atoms with Crippen LogP contribution >= 0.6 is 0 Å². The van der Waals surface area contributed by atoms with Gasteiger partial charge in [-0.15, -0.1) is 0 Å². The van der Waals surface area contributed by atoms with Gasteiger partial charge in [0.15, 0.2) is 0 Å². The van der Waals surface area contributed by atoms with Gasteiger partial charge in [0.25, 0.3) is 0 Å². The number of hydrogen-bond donors (Lipinski definition) is 1. The molecule has 2 aliphatic heterocycles. The van der Waals surface area contributed by atoms with Gasteiger partial charge in [-0.2, -0.15) is 0 Å². The average Bonchev–Trinajstić information content (AvgIpc) is 2.87. The van der Waals surface area contributed by atoms with Gasteiger partial charge in [-0.05, 0) is 32.0 Å². The van der Waals surface area contributed by atoms with E-state index in [-0.39, 0.29) is 0 Å². The first kappa shape index (κ1) is 16.6. The molecule has 0 aromatic heterocycles. The van der Waals surface area contributed by atoms with Gasteiger partial charge in [0.2, 0.25) is 0 Å². The molecule has 0 atom stereocenters. The summed E-state index contributed by atoms with van der Waals surface area (Å²) >= 11 is 0. The summed E-state index contributed by atoms with van der Waals surface area (Å²) in [5.74, 6) is 1.05. The minimum absolute atomic E-state index is 0.290. The number of nitrogens with zero attached hydrogens (tertiary/aromatic N) is 1. The lowest BCUT2D eigenvalue weighted by atomic mass is 10.1. The van der Waals surface area contributed by atoms with Gasteiger partial charge in [-0.1, -0.05) is 18.9 Å². The molecule has 0 bridgehead atoms. The number of rotatable bonds is 5. The Balaban J connectivity index is 1.81. The van der Waals surface area contributed by atoms with E-state index >= 15 is 0 Å². The number of nitrogens with one attached hydrogen (secondary N) is 1. The molecule has 4 heteroatoms. The highest BCUT2D eigenvalue weighted by Gasteiger charge is 2.20. The fourth-order valence-electron chi connectivity index (χ4n) is 3.60. The van der Waals surface area contributed by atoms with Crippen LogP contribution in [0.25, 0.3) is 0 Å². The predicted molar refractivity (Wildman–Crippen MR) is 94.4 cm³/mol. The molecule has 3 rings (SSSR count). The maximum Gasteiger partial charge on any atom is 0.126 e. The van der Waals surface area contributed by atoms with Crippen LogP contribution in [-0.4, -0.2) is 39.5 Å². The van der Waals surface area contributed by atoms with E-state index in [1.54, 1.807) is 0 Å². The monoisotopic (exact) mass is 318 g/mol. The lowest BCUT2D eigenvalue weighted by molar-refractivity contribution is 0.0252. The lowest BCUT2D eigenvalue weighted by Crippen LogP contribution is -2.28. The molecule has 1 aromatic carbocycles. The summed E-state index contributed by atoms with van der Waals surface area (Å²) in [6, 6.07) is 6.53. The van der Waals surface area contributed by atoms with Crippen LogP contribution in [0.3, 0.4) is 0 Å². The molecular weight excluding hydrogens is 288 g/mol. The van der Waals surface area contributed by atoms with Crippen molar-refractivity contribution in [3.05, 3.63) is 23.8 Å². The molecule has 2 aliphatic rings. The molecule has 0 aliphatic carbocycles. The third-order valence-corrected chi connectivity index (χ3v) is 4.87. The van der Waals surface area contributed by atoms with Crippen molar-refractivity contribution in [2.45, 2.75) is 51.2 Å². The largest absolute Gasteiger partial charge is 0.490 e. The van der Waals surface area contributed by atoms with Gasteiger partial charge in [0.1, 0.15) is 11.9 Å². The van der Waals surface area contributed by atoms with E-state index in [4.69, 9.17) is 9.47 Å². The van der Waals surface area contributed by atoms with Crippen molar-refractivity contribution in [3.63, 3.8) is 0 Å².